The van der Waals surface area contributed by atoms with E-state index in [0.717, 1.165) is 5.75 Å². The largest absolute Gasteiger partial charge is 0.488 e. The van der Waals surface area contributed by atoms with E-state index in [1.54, 1.807) is 0 Å². The average molecular weight is 350 g/mol. The van der Waals surface area contributed by atoms with E-state index in [2.05, 4.69) is 67.6 Å². The molecular weight excluding hydrogens is 335 g/mol. The molecule has 2 heteroatoms. The molecule has 1 aliphatic heterocycles. The Kier molecular flexibility index (Phi) is 2.85. The molecule has 3 rings (SSSR count). The van der Waals surface area contributed by atoms with Crippen LogP contribution in [0, 0.1) is 24.3 Å². The molecule has 0 spiro atoms. The summed E-state index contributed by atoms with van der Waals surface area (Å²) in [6.45, 7) is 7.11. The summed E-state index contributed by atoms with van der Waals surface area (Å²) in [4.78, 5) is 0. The quantitative estimate of drug-likeness (QED) is 0.622. The van der Waals surface area contributed by atoms with Gasteiger partial charge >= 0.3 is 0 Å². The minimum Gasteiger partial charge on any atom is -0.488 e. The molecule has 0 atom stereocenters. The summed E-state index contributed by atoms with van der Waals surface area (Å²) in [6.07, 6.45) is 0. The zero-order valence-electron chi connectivity index (χ0n) is 10.8. The van der Waals surface area contributed by atoms with Crippen LogP contribution in [0.15, 0.2) is 24.3 Å². The molecule has 0 bridgehead atoms. The van der Waals surface area contributed by atoms with Crippen molar-refractivity contribution in [2.24, 2.45) is 0 Å². The summed E-state index contributed by atoms with van der Waals surface area (Å²) in [5.74, 6) is 1.06. The number of aryl methyl sites for hydroxylation is 2. The second-order valence-electron chi connectivity index (χ2n) is 4.90. The Hall–Kier alpha value is -1.03. The highest BCUT2D eigenvalue weighted by Crippen LogP contribution is 2.42. The van der Waals surface area contributed by atoms with E-state index in [1.807, 2.05) is 0 Å². The van der Waals surface area contributed by atoms with E-state index in [-0.39, 0.29) is 0 Å². The Morgan fingerprint density at radius 3 is 2.39 bits per heavy atom. The molecule has 1 nitrogen and oxygen atoms in total. The Morgan fingerprint density at radius 2 is 1.61 bits per heavy atom. The number of rotatable bonds is 0. The van der Waals surface area contributed by atoms with Gasteiger partial charge in [-0.05, 0) is 65.6 Å². The molecule has 0 radical (unpaired) electrons. The van der Waals surface area contributed by atoms with E-state index in [1.165, 1.54) is 37.0 Å². The van der Waals surface area contributed by atoms with Gasteiger partial charge < -0.3 is 4.74 Å². The first-order valence-corrected chi connectivity index (χ1v) is 7.19. The van der Waals surface area contributed by atoms with Crippen LogP contribution in [-0.4, -0.2) is 0 Å². The van der Waals surface area contributed by atoms with Crippen LogP contribution in [0.3, 0.4) is 0 Å². The topological polar surface area (TPSA) is 9.23 Å². The zero-order valence-corrected chi connectivity index (χ0v) is 13.0. The molecular formula is C16H15IO. The number of hydrogen-bond acceptors (Lipinski definition) is 1. The molecule has 92 valence electrons. The lowest BCUT2D eigenvalue weighted by Gasteiger charge is -2.25. The third kappa shape index (κ3) is 1.66. The summed E-state index contributed by atoms with van der Waals surface area (Å²) in [6, 6.07) is 8.79. The highest BCUT2D eigenvalue weighted by molar-refractivity contribution is 14.1. The summed E-state index contributed by atoms with van der Waals surface area (Å²) in [5, 5.41) is 0. The Morgan fingerprint density at radius 1 is 0.944 bits per heavy atom. The lowest BCUT2D eigenvalue weighted by atomic mass is 9.92. The summed E-state index contributed by atoms with van der Waals surface area (Å²) in [5.41, 5.74) is 7.76. The average Bonchev–Trinajstić information content (AvgIpc) is 2.38. The van der Waals surface area contributed by atoms with Crippen LogP contribution in [0.25, 0.3) is 11.1 Å². The van der Waals surface area contributed by atoms with E-state index >= 15 is 0 Å². The second kappa shape index (κ2) is 4.26. The maximum atomic E-state index is 5.99. The van der Waals surface area contributed by atoms with Crippen LogP contribution in [0.2, 0.25) is 0 Å². The van der Waals surface area contributed by atoms with Crippen LogP contribution in [0.1, 0.15) is 22.3 Å². The second-order valence-corrected chi connectivity index (χ2v) is 5.97. The normalized spacial score (nSPS) is 12.7. The van der Waals surface area contributed by atoms with Crippen molar-refractivity contribution in [3.63, 3.8) is 0 Å². The van der Waals surface area contributed by atoms with Gasteiger partial charge in [-0.3, -0.25) is 0 Å². The van der Waals surface area contributed by atoms with Crippen molar-refractivity contribution in [1.82, 2.24) is 0 Å². The number of halogens is 1. The first kappa shape index (κ1) is 12.0. The van der Waals surface area contributed by atoms with Gasteiger partial charge in [0.2, 0.25) is 0 Å². The molecule has 18 heavy (non-hydrogen) atoms. The number of ether oxygens (including phenoxy) is 1. The molecule has 1 heterocycles. The van der Waals surface area contributed by atoms with Gasteiger partial charge in [0, 0.05) is 14.7 Å². The fourth-order valence-corrected chi connectivity index (χ4v) is 3.09. The minimum absolute atomic E-state index is 0.687. The maximum absolute atomic E-state index is 5.99. The number of fused-ring (bicyclic) bond motifs is 3. The minimum atomic E-state index is 0.687. The fourth-order valence-electron chi connectivity index (χ4n) is 2.46. The van der Waals surface area contributed by atoms with Gasteiger partial charge in [0.25, 0.3) is 0 Å². The van der Waals surface area contributed by atoms with Crippen LogP contribution < -0.4 is 4.74 Å². The van der Waals surface area contributed by atoms with Gasteiger partial charge in [-0.15, -0.1) is 0 Å². The lowest BCUT2D eigenvalue weighted by Crippen LogP contribution is -2.09. The lowest BCUT2D eigenvalue weighted by molar-refractivity contribution is 0.299. The first-order chi connectivity index (χ1) is 8.59. The van der Waals surface area contributed by atoms with Gasteiger partial charge in [-0.2, -0.15) is 0 Å². The number of hydrogen-bond donors (Lipinski definition) is 0. The summed E-state index contributed by atoms with van der Waals surface area (Å²) < 4.78 is 7.32. The molecule has 0 fully saturated rings. The predicted molar refractivity (Wildman–Crippen MR) is 83.1 cm³/mol. The Bertz CT molecular complexity index is 587. The third-order valence-electron chi connectivity index (χ3n) is 3.76. The van der Waals surface area contributed by atoms with Crippen molar-refractivity contribution in [3.8, 4) is 16.9 Å². The van der Waals surface area contributed by atoms with Crippen molar-refractivity contribution in [1.29, 1.82) is 0 Å². The van der Waals surface area contributed by atoms with Gasteiger partial charge in [0.15, 0.2) is 0 Å². The molecule has 0 aromatic heterocycles. The summed E-state index contributed by atoms with van der Waals surface area (Å²) >= 11 is 2.42. The van der Waals surface area contributed by atoms with Crippen molar-refractivity contribution >= 4 is 22.6 Å². The zero-order chi connectivity index (χ0) is 12.9. The maximum Gasteiger partial charge on any atom is 0.130 e. The van der Waals surface area contributed by atoms with Crippen molar-refractivity contribution in [2.45, 2.75) is 27.4 Å². The molecule has 0 saturated carbocycles. The van der Waals surface area contributed by atoms with E-state index < -0.39 is 0 Å². The molecule has 2 aromatic rings. The van der Waals surface area contributed by atoms with Crippen LogP contribution >= 0.6 is 22.6 Å². The van der Waals surface area contributed by atoms with Crippen LogP contribution in [-0.2, 0) is 6.61 Å². The Labute approximate surface area is 121 Å². The standard InChI is InChI=1S/C16H15IO/c1-9-4-7-13-12-6-5-10(2)15(17)14(12)8-18-16(13)11(9)3/h4-7H,8H2,1-3H3. The van der Waals surface area contributed by atoms with Gasteiger partial charge in [0.05, 0.1) is 0 Å². The van der Waals surface area contributed by atoms with Crippen molar-refractivity contribution in [2.75, 3.05) is 0 Å². The van der Waals surface area contributed by atoms with E-state index in [0.29, 0.717) is 6.61 Å². The van der Waals surface area contributed by atoms with Gasteiger partial charge in [0.1, 0.15) is 12.4 Å². The molecule has 0 unspecified atom stereocenters. The molecule has 0 aliphatic carbocycles. The Balaban J connectivity index is 2.31. The summed E-state index contributed by atoms with van der Waals surface area (Å²) in [7, 11) is 0. The number of benzene rings is 2. The molecule has 0 saturated heterocycles. The van der Waals surface area contributed by atoms with E-state index in [4.69, 9.17) is 4.74 Å². The molecule has 1 aliphatic rings. The van der Waals surface area contributed by atoms with Crippen molar-refractivity contribution in [3.05, 3.63) is 50.1 Å². The van der Waals surface area contributed by atoms with Crippen LogP contribution in [0.4, 0.5) is 0 Å². The molecule has 2 aromatic carbocycles. The molecule has 0 amide bonds. The monoisotopic (exact) mass is 350 g/mol. The van der Waals surface area contributed by atoms with Gasteiger partial charge in [-0.1, -0.05) is 24.3 Å². The SMILES string of the molecule is Cc1ccc2c(c1C)OCc1c-2ccc(C)c1I. The smallest absolute Gasteiger partial charge is 0.130 e. The molecule has 0 N–H and O–H groups in total. The van der Waals surface area contributed by atoms with Gasteiger partial charge in [-0.25, -0.2) is 0 Å². The fraction of sp³-hybridized carbons (Fsp3) is 0.250. The van der Waals surface area contributed by atoms with E-state index in [9.17, 15) is 0 Å². The first-order valence-electron chi connectivity index (χ1n) is 6.11. The van der Waals surface area contributed by atoms with Crippen molar-refractivity contribution < 1.29 is 4.74 Å². The highest BCUT2D eigenvalue weighted by Gasteiger charge is 2.21. The highest BCUT2D eigenvalue weighted by atomic mass is 127. The van der Waals surface area contributed by atoms with Crippen LogP contribution in [0.5, 0.6) is 5.75 Å². The third-order valence-corrected chi connectivity index (χ3v) is 5.27. The predicted octanol–water partition coefficient (Wildman–Crippen LogP) is 4.78.